The number of anilines is 1. The molecule has 1 N–H and O–H groups in total. The van der Waals surface area contributed by atoms with E-state index >= 15 is 0 Å². The van der Waals surface area contributed by atoms with Crippen molar-refractivity contribution in [1.29, 1.82) is 0 Å². The van der Waals surface area contributed by atoms with Crippen molar-refractivity contribution >= 4 is 11.6 Å². The fourth-order valence-corrected chi connectivity index (χ4v) is 3.69. The van der Waals surface area contributed by atoms with Crippen molar-refractivity contribution in [3.8, 4) is 0 Å². The van der Waals surface area contributed by atoms with Crippen molar-refractivity contribution in [3.63, 3.8) is 0 Å². The third-order valence-electron chi connectivity index (χ3n) is 5.25. The Morgan fingerprint density at radius 3 is 2.67 bits per heavy atom. The summed E-state index contributed by atoms with van der Waals surface area (Å²) in [5, 5.41) is 3.13. The maximum atomic E-state index is 12.5. The summed E-state index contributed by atoms with van der Waals surface area (Å²) in [7, 11) is 4.32. The Balaban J connectivity index is 1.56. The second kappa shape index (κ2) is 7.99. The molecule has 5 heteroatoms. The van der Waals surface area contributed by atoms with Gasteiger partial charge in [0.1, 0.15) is 0 Å². The highest BCUT2D eigenvalue weighted by Crippen LogP contribution is 2.18. The number of carbonyl (C=O) groups excluding carboxylic acids is 1. The third kappa shape index (κ3) is 4.48. The normalized spacial score (nSPS) is 23.2. The number of piperazine rings is 1. The van der Waals surface area contributed by atoms with Crippen LogP contribution in [0.25, 0.3) is 0 Å². The molecule has 0 unspecified atom stereocenters. The molecule has 2 aliphatic heterocycles. The maximum Gasteiger partial charge on any atom is 0.251 e. The van der Waals surface area contributed by atoms with Crippen LogP contribution in [0.15, 0.2) is 24.3 Å². The summed E-state index contributed by atoms with van der Waals surface area (Å²) < 4.78 is 0. The van der Waals surface area contributed by atoms with Crippen LogP contribution in [-0.2, 0) is 0 Å². The second-order valence-electron chi connectivity index (χ2n) is 7.32. The Morgan fingerprint density at radius 2 is 1.92 bits per heavy atom. The number of rotatable bonds is 4. The molecule has 2 saturated heterocycles. The van der Waals surface area contributed by atoms with Crippen LogP contribution in [0.3, 0.4) is 0 Å². The fraction of sp³-hybridized carbons (Fsp3) is 0.632. The van der Waals surface area contributed by atoms with Gasteiger partial charge in [-0.3, -0.25) is 4.79 Å². The summed E-state index contributed by atoms with van der Waals surface area (Å²) in [6, 6.07) is 8.06. The average molecular weight is 330 g/mol. The van der Waals surface area contributed by atoms with Gasteiger partial charge in [-0.2, -0.15) is 0 Å². The van der Waals surface area contributed by atoms with Crippen molar-refractivity contribution < 1.29 is 4.79 Å². The zero-order chi connectivity index (χ0) is 16.9. The van der Waals surface area contributed by atoms with Gasteiger partial charge in [0.2, 0.25) is 0 Å². The van der Waals surface area contributed by atoms with Crippen LogP contribution in [0, 0.1) is 5.92 Å². The van der Waals surface area contributed by atoms with Gasteiger partial charge >= 0.3 is 0 Å². The molecule has 0 spiro atoms. The highest BCUT2D eigenvalue weighted by Gasteiger charge is 2.19. The number of amides is 1. The summed E-state index contributed by atoms with van der Waals surface area (Å²) in [5.41, 5.74) is 1.93. The van der Waals surface area contributed by atoms with E-state index in [1.807, 2.05) is 18.2 Å². The first-order valence-electron chi connectivity index (χ1n) is 9.12. The molecule has 0 saturated carbocycles. The van der Waals surface area contributed by atoms with E-state index in [0.717, 1.165) is 50.5 Å². The van der Waals surface area contributed by atoms with Crippen molar-refractivity contribution in [3.05, 3.63) is 29.8 Å². The van der Waals surface area contributed by atoms with E-state index in [9.17, 15) is 4.79 Å². The van der Waals surface area contributed by atoms with Crippen LogP contribution in [0.2, 0.25) is 0 Å². The van der Waals surface area contributed by atoms with E-state index in [1.165, 1.54) is 19.4 Å². The number of piperidine rings is 1. The summed E-state index contributed by atoms with van der Waals surface area (Å²) in [4.78, 5) is 19.6. The van der Waals surface area contributed by atoms with Gasteiger partial charge < -0.3 is 20.0 Å². The minimum absolute atomic E-state index is 0.0548. The van der Waals surface area contributed by atoms with Crippen molar-refractivity contribution in [2.75, 3.05) is 64.8 Å². The van der Waals surface area contributed by atoms with Gasteiger partial charge in [-0.15, -0.1) is 0 Å². The Bertz CT molecular complexity index is 554. The maximum absolute atomic E-state index is 12.5. The van der Waals surface area contributed by atoms with Crippen LogP contribution in [-0.4, -0.2) is 75.6 Å². The van der Waals surface area contributed by atoms with E-state index in [0.29, 0.717) is 5.92 Å². The minimum atomic E-state index is 0.0548. The topological polar surface area (TPSA) is 38.8 Å². The van der Waals surface area contributed by atoms with Crippen molar-refractivity contribution in [1.82, 2.24) is 15.1 Å². The zero-order valence-corrected chi connectivity index (χ0v) is 15.0. The Kier molecular flexibility index (Phi) is 5.74. The number of nitrogens with zero attached hydrogens (tertiary/aromatic N) is 3. The van der Waals surface area contributed by atoms with E-state index in [4.69, 9.17) is 0 Å². The van der Waals surface area contributed by atoms with E-state index in [-0.39, 0.29) is 5.91 Å². The van der Waals surface area contributed by atoms with Crippen LogP contribution in [0.4, 0.5) is 5.69 Å². The molecule has 1 amide bonds. The standard InChI is InChI=1S/C19H30N4O/c1-21-9-11-23(12-10-21)18-7-3-6-17(13-18)19(24)20-14-16-5-4-8-22(2)15-16/h3,6-7,13,16H,4-5,8-12,14-15H2,1-2H3,(H,20,24)/t16-/m1/s1. The van der Waals surface area contributed by atoms with Crippen molar-refractivity contribution in [2.45, 2.75) is 12.8 Å². The lowest BCUT2D eigenvalue weighted by molar-refractivity contribution is 0.0937. The molecule has 1 aromatic rings. The Hall–Kier alpha value is -1.59. The smallest absolute Gasteiger partial charge is 0.251 e. The number of hydrogen-bond donors (Lipinski definition) is 1. The summed E-state index contributed by atoms with van der Waals surface area (Å²) in [5.74, 6) is 0.632. The summed E-state index contributed by atoms with van der Waals surface area (Å²) >= 11 is 0. The molecule has 24 heavy (non-hydrogen) atoms. The summed E-state index contributed by atoms with van der Waals surface area (Å²) in [6.45, 7) is 7.24. The highest BCUT2D eigenvalue weighted by atomic mass is 16.1. The van der Waals surface area contributed by atoms with Crippen LogP contribution >= 0.6 is 0 Å². The van der Waals surface area contributed by atoms with Gasteiger partial charge in [-0.05, 0) is 57.6 Å². The monoisotopic (exact) mass is 330 g/mol. The number of likely N-dealkylation sites (tertiary alicyclic amines) is 1. The molecule has 1 aromatic carbocycles. The van der Waals surface area contributed by atoms with Crippen LogP contribution in [0.5, 0.6) is 0 Å². The molecular formula is C19H30N4O. The van der Waals surface area contributed by atoms with Crippen LogP contribution in [0.1, 0.15) is 23.2 Å². The molecule has 5 nitrogen and oxygen atoms in total. The lowest BCUT2D eigenvalue weighted by atomic mass is 9.98. The quantitative estimate of drug-likeness (QED) is 0.908. The zero-order valence-electron chi connectivity index (χ0n) is 15.0. The Labute approximate surface area is 145 Å². The van der Waals surface area contributed by atoms with Crippen molar-refractivity contribution in [2.24, 2.45) is 5.92 Å². The SMILES string of the molecule is CN1CCN(c2cccc(C(=O)NC[C@H]3CCCN(C)C3)c2)CC1. The first-order chi connectivity index (χ1) is 11.6. The summed E-state index contributed by atoms with van der Waals surface area (Å²) in [6.07, 6.45) is 2.45. The number of nitrogens with one attached hydrogen (secondary N) is 1. The van der Waals surface area contributed by atoms with Gasteiger partial charge in [0.25, 0.3) is 5.91 Å². The number of carbonyl (C=O) groups is 1. The largest absolute Gasteiger partial charge is 0.369 e. The minimum Gasteiger partial charge on any atom is -0.369 e. The van der Waals surface area contributed by atoms with Gasteiger partial charge in [-0.1, -0.05) is 6.07 Å². The highest BCUT2D eigenvalue weighted by molar-refractivity contribution is 5.95. The molecule has 0 aliphatic carbocycles. The van der Waals surface area contributed by atoms with E-state index < -0.39 is 0 Å². The van der Waals surface area contributed by atoms with Crippen LogP contribution < -0.4 is 10.2 Å². The predicted molar refractivity (Wildman–Crippen MR) is 98.7 cm³/mol. The third-order valence-corrected chi connectivity index (χ3v) is 5.25. The number of benzene rings is 1. The first-order valence-corrected chi connectivity index (χ1v) is 9.12. The molecule has 2 heterocycles. The van der Waals surface area contributed by atoms with Gasteiger partial charge in [0, 0.05) is 50.5 Å². The molecule has 0 bridgehead atoms. The molecule has 2 aliphatic rings. The second-order valence-corrected chi connectivity index (χ2v) is 7.32. The molecule has 2 fully saturated rings. The molecule has 0 aromatic heterocycles. The molecule has 3 rings (SSSR count). The van der Waals surface area contributed by atoms with E-state index in [2.05, 4.69) is 40.2 Å². The molecule has 0 radical (unpaired) electrons. The molecule has 1 atom stereocenters. The van der Waals surface area contributed by atoms with Gasteiger partial charge in [-0.25, -0.2) is 0 Å². The molecular weight excluding hydrogens is 300 g/mol. The average Bonchev–Trinajstić information content (AvgIpc) is 2.60. The number of likely N-dealkylation sites (N-methyl/N-ethyl adjacent to an activating group) is 1. The lowest BCUT2D eigenvalue weighted by Gasteiger charge is -2.34. The van der Waals surface area contributed by atoms with Gasteiger partial charge in [0.05, 0.1) is 0 Å². The first kappa shape index (κ1) is 17.2. The van der Waals surface area contributed by atoms with Gasteiger partial charge in [0.15, 0.2) is 0 Å². The lowest BCUT2D eigenvalue weighted by Crippen LogP contribution is -2.44. The molecule has 132 valence electrons. The Morgan fingerprint density at radius 1 is 1.12 bits per heavy atom. The number of hydrogen-bond acceptors (Lipinski definition) is 4. The predicted octanol–water partition coefficient (Wildman–Crippen LogP) is 1.51. The van der Waals surface area contributed by atoms with E-state index in [1.54, 1.807) is 0 Å². The fourth-order valence-electron chi connectivity index (χ4n) is 3.69.